The highest BCUT2D eigenvalue weighted by Crippen LogP contribution is 2.18. The number of hydrogen-bond donors (Lipinski definition) is 0. The zero-order chi connectivity index (χ0) is 46.1. The monoisotopic (exact) mass is 894 g/mol. The zero-order valence-electron chi connectivity index (χ0n) is 34.3. The van der Waals surface area contributed by atoms with E-state index in [4.69, 9.17) is 9.47 Å². The molecule has 330 valence electrons. The largest absolute Gasteiger partial charge is 0.744 e. The molecule has 0 fully saturated rings. The van der Waals surface area contributed by atoms with Crippen LogP contribution in [0.1, 0.15) is 31.8 Å². The molecule has 5 aromatic rings. The topological polar surface area (TPSA) is 253 Å². The van der Waals surface area contributed by atoms with Crippen LogP contribution in [0.5, 0.6) is 0 Å². The van der Waals surface area contributed by atoms with Crippen LogP contribution in [0, 0.1) is 20.2 Å². The standard InChI is InChI=1S/C30H38N2O4.2C6H5NO5S/c1-31(2,19-21-35-29(33)27-11-7-5-8-12-27)23-25-15-17-26(18-16-25)24-32(3,4)20-22-36-30(34)28-13-9-6-10-14-28;2*8-7(9)5-2-1-3-6(4-5)13(10,11)12/h5-18H,19-24H2,1-4H3;2*1-4H,(H,10,11,12)/q+2;;/p-2. The van der Waals surface area contributed by atoms with Crippen molar-refractivity contribution in [1.29, 1.82) is 0 Å². The molecular formula is C42H46N4O14S2. The van der Waals surface area contributed by atoms with Crippen molar-refractivity contribution in [2.75, 3.05) is 54.5 Å². The third-order valence-corrected chi connectivity index (χ3v) is 10.4. The lowest BCUT2D eigenvalue weighted by Crippen LogP contribution is -2.42. The van der Waals surface area contributed by atoms with Gasteiger partial charge in [0.05, 0.1) is 59.0 Å². The van der Waals surface area contributed by atoms with E-state index in [1.807, 2.05) is 36.4 Å². The number of non-ortho nitro benzene ring substituents is 2. The van der Waals surface area contributed by atoms with E-state index in [9.17, 15) is 55.8 Å². The third-order valence-electron chi connectivity index (χ3n) is 8.76. The van der Waals surface area contributed by atoms with Crippen LogP contribution in [0.2, 0.25) is 0 Å². The fourth-order valence-electron chi connectivity index (χ4n) is 5.49. The van der Waals surface area contributed by atoms with Crippen LogP contribution < -0.4 is 0 Å². The van der Waals surface area contributed by atoms with Crippen LogP contribution in [0.25, 0.3) is 0 Å². The Morgan fingerprint density at radius 3 is 1.13 bits per heavy atom. The Labute approximate surface area is 359 Å². The SMILES string of the molecule is C[N+](C)(CCOC(=O)c1ccccc1)Cc1ccc(C[N+](C)(C)CCOC(=O)c2ccccc2)cc1.O=[N+]([O-])c1cccc(S(=O)(=O)[O-])c1.O=[N+]([O-])c1cccc(S(=O)(=O)[O-])c1. The van der Waals surface area contributed by atoms with Crippen LogP contribution in [-0.4, -0.2) is 111 Å². The van der Waals surface area contributed by atoms with Crippen molar-refractivity contribution in [1.82, 2.24) is 0 Å². The highest BCUT2D eigenvalue weighted by Gasteiger charge is 2.20. The Balaban J connectivity index is 0.000000319. The van der Waals surface area contributed by atoms with Crippen molar-refractivity contribution >= 4 is 43.5 Å². The van der Waals surface area contributed by atoms with Crippen LogP contribution >= 0.6 is 0 Å². The van der Waals surface area contributed by atoms with E-state index in [0.29, 0.717) is 24.3 Å². The summed E-state index contributed by atoms with van der Waals surface area (Å²) in [5.41, 5.74) is 2.79. The van der Waals surface area contributed by atoms with Crippen LogP contribution in [0.4, 0.5) is 11.4 Å². The molecule has 0 unspecified atom stereocenters. The van der Waals surface area contributed by atoms with Crippen molar-refractivity contribution in [3.8, 4) is 0 Å². The molecule has 0 heterocycles. The number of carbonyl (C=O) groups is 2. The molecule has 0 N–H and O–H groups in total. The summed E-state index contributed by atoms with van der Waals surface area (Å²) in [6.45, 7) is 3.89. The predicted octanol–water partition coefficient (Wildman–Crippen LogP) is 5.55. The van der Waals surface area contributed by atoms with Crippen molar-refractivity contribution in [2.45, 2.75) is 22.9 Å². The second-order valence-electron chi connectivity index (χ2n) is 14.9. The van der Waals surface area contributed by atoms with Gasteiger partial charge in [0.1, 0.15) is 59.6 Å². The molecule has 0 spiro atoms. The first-order chi connectivity index (χ1) is 29.0. The summed E-state index contributed by atoms with van der Waals surface area (Å²) in [5, 5.41) is 20.4. The van der Waals surface area contributed by atoms with Gasteiger partial charge in [-0.3, -0.25) is 20.2 Å². The van der Waals surface area contributed by atoms with Crippen molar-refractivity contribution in [3.05, 3.63) is 176 Å². The minimum atomic E-state index is -4.61. The average Bonchev–Trinajstić information content (AvgIpc) is 3.21. The highest BCUT2D eigenvalue weighted by molar-refractivity contribution is 7.86. The maximum Gasteiger partial charge on any atom is 0.338 e. The Morgan fingerprint density at radius 1 is 0.516 bits per heavy atom. The minimum absolute atomic E-state index is 0.282. The van der Waals surface area contributed by atoms with Gasteiger partial charge < -0.3 is 27.5 Å². The van der Waals surface area contributed by atoms with Gasteiger partial charge in [-0.25, -0.2) is 26.4 Å². The molecule has 18 nitrogen and oxygen atoms in total. The molecule has 5 aromatic carbocycles. The highest BCUT2D eigenvalue weighted by atomic mass is 32.2. The molecule has 0 atom stereocenters. The first kappa shape index (κ1) is 49.9. The van der Waals surface area contributed by atoms with Crippen molar-refractivity contribution < 1.29 is 63.8 Å². The number of benzene rings is 5. The lowest BCUT2D eigenvalue weighted by molar-refractivity contribution is -0.904. The van der Waals surface area contributed by atoms with Crippen LogP contribution in [-0.2, 0) is 42.8 Å². The second-order valence-corrected chi connectivity index (χ2v) is 17.6. The maximum absolute atomic E-state index is 12.1. The molecule has 0 saturated carbocycles. The molecule has 0 aliphatic heterocycles. The zero-order valence-corrected chi connectivity index (χ0v) is 35.9. The van der Waals surface area contributed by atoms with E-state index >= 15 is 0 Å². The summed E-state index contributed by atoms with van der Waals surface area (Å²) in [6, 6.07) is 34.8. The van der Waals surface area contributed by atoms with E-state index in [-0.39, 0.29) is 11.9 Å². The number of nitro benzene ring substituents is 2. The van der Waals surface area contributed by atoms with Gasteiger partial charge in [0, 0.05) is 35.4 Å². The van der Waals surface area contributed by atoms with E-state index in [2.05, 4.69) is 52.5 Å². The normalized spacial score (nSPS) is 11.5. The fourth-order valence-corrected chi connectivity index (χ4v) is 6.51. The summed E-state index contributed by atoms with van der Waals surface area (Å²) in [5.74, 6) is -0.564. The van der Waals surface area contributed by atoms with Gasteiger partial charge in [-0.15, -0.1) is 0 Å². The van der Waals surface area contributed by atoms with Gasteiger partial charge in [0.2, 0.25) is 0 Å². The first-order valence-electron chi connectivity index (χ1n) is 18.5. The average molecular weight is 895 g/mol. The molecule has 0 amide bonds. The molecule has 0 aliphatic rings. The van der Waals surface area contributed by atoms with Crippen LogP contribution in [0.3, 0.4) is 0 Å². The maximum atomic E-state index is 12.1. The number of ether oxygens (including phenoxy) is 2. The summed E-state index contributed by atoms with van der Waals surface area (Å²) < 4.78 is 74.9. The molecule has 62 heavy (non-hydrogen) atoms. The summed E-state index contributed by atoms with van der Waals surface area (Å²) in [7, 11) is -0.667. The molecule has 20 heteroatoms. The molecule has 0 saturated heterocycles. The smallest absolute Gasteiger partial charge is 0.338 e. The molecule has 5 rings (SSSR count). The van der Waals surface area contributed by atoms with Gasteiger partial charge in [-0.1, -0.05) is 72.8 Å². The number of quaternary nitrogens is 2. The molecule has 0 aliphatic carbocycles. The summed E-state index contributed by atoms with van der Waals surface area (Å²) >= 11 is 0. The molecular weight excluding hydrogens is 849 g/mol. The van der Waals surface area contributed by atoms with Crippen molar-refractivity contribution in [3.63, 3.8) is 0 Å². The van der Waals surface area contributed by atoms with Crippen LogP contribution in [0.15, 0.2) is 143 Å². The Bertz CT molecular complexity index is 2340. The summed E-state index contributed by atoms with van der Waals surface area (Å²) in [6.07, 6.45) is 0. The van der Waals surface area contributed by atoms with E-state index < -0.39 is 51.2 Å². The Hall–Kier alpha value is -6.42. The van der Waals surface area contributed by atoms with Crippen molar-refractivity contribution in [2.24, 2.45) is 0 Å². The number of esters is 2. The summed E-state index contributed by atoms with van der Waals surface area (Å²) in [4.78, 5) is 41.9. The van der Waals surface area contributed by atoms with Gasteiger partial charge >= 0.3 is 11.9 Å². The first-order valence-corrected chi connectivity index (χ1v) is 21.3. The number of carbonyl (C=O) groups excluding carboxylic acids is 2. The quantitative estimate of drug-likeness (QED) is 0.0387. The second kappa shape index (κ2) is 22.4. The number of nitro groups is 2. The third kappa shape index (κ3) is 17.7. The number of nitrogens with zero attached hydrogens (tertiary/aromatic N) is 4. The van der Waals surface area contributed by atoms with E-state index in [1.54, 1.807) is 24.3 Å². The molecule has 0 aromatic heterocycles. The molecule has 0 radical (unpaired) electrons. The number of rotatable bonds is 16. The van der Waals surface area contributed by atoms with Gasteiger partial charge in [0.15, 0.2) is 0 Å². The minimum Gasteiger partial charge on any atom is -0.744 e. The van der Waals surface area contributed by atoms with Gasteiger partial charge in [0.25, 0.3) is 11.4 Å². The van der Waals surface area contributed by atoms with E-state index in [1.165, 1.54) is 11.1 Å². The Morgan fingerprint density at radius 2 is 0.839 bits per heavy atom. The predicted molar refractivity (Wildman–Crippen MR) is 223 cm³/mol. The van der Waals surface area contributed by atoms with E-state index in [0.717, 1.165) is 83.7 Å². The number of likely N-dealkylation sites (N-methyl/N-ethyl adjacent to an activating group) is 2. The lowest BCUT2D eigenvalue weighted by atomic mass is 10.1. The fraction of sp³-hybridized carbons (Fsp3) is 0.238. The number of hydrogen-bond acceptors (Lipinski definition) is 14. The Kier molecular flexibility index (Phi) is 18.1. The van der Waals surface area contributed by atoms with Gasteiger partial charge in [-0.2, -0.15) is 0 Å². The lowest BCUT2D eigenvalue weighted by Gasteiger charge is -2.30. The van der Waals surface area contributed by atoms with Gasteiger partial charge in [-0.05, 0) is 36.4 Å². The molecule has 0 bridgehead atoms.